The van der Waals surface area contributed by atoms with E-state index in [0.717, 1.165) is 15.9 Å². The van der Waals surface area contributed by atoms with E-state index in [2.05, 4.69) is 46.4 Å². The highest BCUT2D eigenvalue weighted by molar-refractivity contribution is 9.10. The minimum absolute atomic E-state index is 0.199. The SMILES string of the molecule is CCc1ccc(C(NC)c2cc(Cl)cc(Br)c2)s1. The Hall–Kier alpha value is -0.350. The lowest BCUT2D eigenvalue weighted by Gasteiger charge is -2.16. The molecule has 0 bridgehead atoms. The fourth-order valence-electron chi connectivity index (χ4n) is 1.95. The zero-order chi connectivity index (χ0) is 13.1. The second-order valence-corrected chi connectivity index (χ2v) is 6.63. The van der Waals surface area contributed by atoms with Gasteiger partial charge in [-0.1, -0.05) is 34.5 Å². The van der Waals surface area contributed by atoms with Gasteiger partial charge in [0.25, 0.3) is 0 Å². The van der Waals surface area contributed by atoms with Gasteiger partial charge in [-0.15, -0.1) is 11.3 Å². The van der Waals surface area contributed by atoms with Crippen LogP contribution in [-0.2, 0) is 6.42 Å². The van der Waals surface area contributed by atoms with Crippen molar-refractivity contribution in [1.82, 2.24) is 5.32 Å². The van der Waals surface area contributed by atoms with Gasteiger partial charge in [0, 0.05) is 19.2 Å². The first kappa shape index (κ1) is 14.1. The predicted octanol–water partition coefficient (Wildman–Crippen LogP) is 5.04. The number of hydrogen-bond donors (Lipinski definition) is 1. The molecular weight excluding hydrogens is 330 g/mol. The molecular formula is C14H15BrClNS. The summed E-state index contributed by atoms with van der Waals surface area (Å²) in [5, 5.41) is 4.11. The van der Waals surface area contributed by atoms with Gasteiger partial charge >= 0.3 is 0 Å². The van der Waals surface area contributed by atoms with Crippen molar-refractivity contribution in [3.05, 3.63) is 55.1 Å². The molecule has 96 valence electrons. The van der Waals surface area contributed by atoms with E-state index in [4.69, 9.17) is 11.6 Å². The molecule has 0 saturated heterocycles. The maximum Gasteiger partial charge on any atom is 0.0669 e. The van der Waals surface area contributed by atoms with Crippen LogP contribution in [0, 0.1) is 0 Å². The summed E-state index contributed by atoms with van der Waals surface area (Å²) in [6, 6.07) is 10.6. The first-order chi connectivity index (χ1) is 8.63. The smallest absolute Gasteiger partial charge is 0.0669 e. The molecule has 0 aliphatic carbocycles. The average molecular weight is 345 g/mol. The summed E-state index contributed by atoms with van der Waals surface area (Å²) in [6.45, 7) is 2.18. The molecule has 4 heteroatoms. The zero-order valence-corrected chi connectivity index (χ0v) is 13.5. The first-order valence-electron chi connectivity index (χ1n) is 5.86. The molecule has 0 saturated carbocycles. The van der Waals surface area contributed by atoms with Crippen molar-refractivity contribution in [2.24, 2.45) is 0 Å². The maximum atomic E-state index is 6.12. The Kier molecular flexibility index (Phi) is 4.84. The van der Waals surface area contributed by atoms with E-state index in [1.165, 1.54) is 15.3 Å². The third-order valence-corrected chi connectivity index (χ3v) is 4.79. The summed E-state index contributed by atoms with van der Waals surface area (Å²) in [4.78, 5) is 2.73. The molecule has 0 spiro atoms. The molecule has 0 radical (unpaired) electrons. The van der Waals surface area contributed by atoms with Crippen LogP contribution in [0.25, 0.3) is 0 Å². The van der Waals surface area contributed by atoms with Crippen molar-refractivity contribution in [3.63, 3.8) is 0 Å². The standard InChI is InChI=1S/C14H15BrClNS/c1-3-12-4-5-13(18-12)14(17-2)9-6-10(15)8-11(16)7-9/h4-8,14,17H,3H2,1-2H3. The molecule has 1 N–H and O–H groups in total. The highest BCUT2D eigenvalue weighted by Crippen LogP contribution is 2.31. The monoisotopic (exact) mass is 343 g/mol. The Morgan fingerprint density at radius 1 is 1.33 bits per heavy atom. The molecule has 1 nitrogen and oxygen atoms in total. The van der Waals surface area contributed by atoms with E-state index in [1.807, 2.05) is 30.5 Å². The number of hydrogen-bond acceptors (Lipinski definition) is 2. The lowest BCUT2D eigenvalue weighted by molar-refractivity contribution is 0.703. The fraction of sp³-hybridized carbons (Fsp3) is 0.286. The lowest BCUT2D eigenvalue weighted by Crippen LogP contribution is -2.16. The van der Waals surface area contributed by atoms with Gasteiger partial charge in [-0.3, -0.25) is 0 Å². The number of thiophene rings is 1. The van der Waals surface area contributed by atoms with Crippen LogP contribution in [0.2, 0.25) is 5.02 Å². The van der Waals surface area contributed by atoms with Crippen molar-refractivity contribution in [1.29, 1.82) is 0 Å². The summed E-state index contributed by atoms with van der Waals surface area (Å²) in [5.74, 6) is 0. The first-order valence-corrected chi connectivity index (χ1v) is 7.84. The van der Waals surface area contributed by atoms with Gasteiger partial charge < -0.3 is 5.32 Å². The van der Waals surface area contributed by atoms with Gasteiger partial charge in [-0.2, -0.15) is 0 Å². The number of nitrogens with one attached hydrogen (secondary N) is 1. The van der Waals surface area contributed by atoms with Crippen LogP contribution in [0.4, 0.5) is 0 Å². The number of benzene rings is 1. The van der Waals surface area contributed by atoms with E-state index in [0.29, 0.717) is 0 Å². The normalized spacial score (nSPS) is 12.7. The van der Waals surface area contributed by atoms with Gasteiger partial charge in [0.05, 0.1) is 6.04 Å². The second kappa shape index (κ2) is 6.20. The summed E-state index contributed by atoms with van der Waals surface area (Å²) < 4.78 is 1.01. The van der Waals surface area contributed by atoms with Gasteiger partial charge in [0.1, 0.15) is 0 Å². The Labute approximate surface area is 125 Å². The van der Waals surface area contributed by atoms with E-state index >= 15 is 0 Å². The van der Waals surface area contributed by atoms with Gasteiger partial charge in [-0.25, -0.2) is 0 Å². The Balaban J connectivity index is 2.38. The minimum Gasteiger partial charge on any atom is -0.309 e. The maximum absolute atomic E-state index is 6.12. The third kappa shape index (κ3) is 3.15. The molecule has 0 aliphatic heterocycles. The summed E-state index contributed by atoms with van der Waals surface area (Å²) in [6.07, 6.45) is 1.08. The van der Waals surface area contributed by atoms with Crippen LogP contribution >= 0.6 is 38.9 Å². The van der Waals surface area contributed by atoms with Gasteiger partial charge in [0.2, 0.25) is 0 Å². The van der Waals surface area contributed by atoms with Crippen LogP contribution in [0.15, 0.2) is 34.8 Å². The van der Waals surface area contributed by atoms with Crippen LogP contribution in [-0.4, -0.2) is 7.05 Å². The quantitative estimate of drug-likeness (QED) is 0.819. The van der Waals surface area contributed by atoms with E-state index in [9.17, 15) is 0 Å². The molecule has 1 aromatic carbocycles. The predicted molar refractivity (Wildman–Crippen MR) is 83.8 cm³/mol. The van der Waals surface area contributed by atoms with Crippen molar-refractivity contribution < 1.29 is 0 Å². The molecule has 2 aromatic rings. The number of aryl methyl sites for hydroxylation is 1. The van der Waals surface area contributed by atoms with Crippen molar-refractivity contribution in [3.8, 4) is 0 Å². The van der Waals surface area contributed by atoms with Gasteiger partial charge in [-0.05, 0) is 49.4 Å². The molecule has 1 heterocycles. The van der Waals surface area contributed by atoms with Crippen molar-refractivity contribution >= 4 is 38.9 Å². The Morgan fingerprint density at radius 2 is 2.11 bits per heavy atom. The van der Waals surface area contributed by atoms with Crippen molar-refractivity contribution in [2.75, 3.05) is 7.05 Å². The number of halogens is 2. The van der Waals surface area contributed by atoms with Gasteiger partial charge in [0.15, 0.2) is 0 Å². The summed E-state index contributed by atoms with van der Waals surface area (Å²) in [5.41, 5.74) is 1.18. The molecule has 2 rings (SSSR count). The van der Waals surface area contributed by atoms with E-state index in [-0.39, 0.29) is 6.04 Å². The lowest BCUT2D eigenvalue weighted by atomic mass is 10.1. The third-order valence-electron chi connectivity index (χ3n) is 2.82. The second-order valence-electron chi connectivity index (χ2n) is 4.08. The Morgan fingerprint density at radius 3 is 2.67 bits per heavy atom. The molecule has 0 amide bonds. The molecule has 0 aliphatic rings. The molecule has 1 atom stereocenters. The average Bonchev–Trinajstić information content (AvgIpc) is 2.77. The molecule has 0 fully saturated rings. The molecule has 1 aromatic heterocycles. The highest BCUT2D eigenvalue weighted by atomic mass is 79.9. The van der Waals surface area contributed by atoms with Crippen LogP contribution in [0.1, 0.15) is 28.3 Å². The minimum atomic E-state index is 0.199. The molecule has 1 unspecified atom stereocenters. The summed E-state index contributed by atoms with van der Waals surface area (Å²) >= 11 is 11.5. The highest BCUT2D eigenvalue weighted by Gasteiger charge is 2.15. The van der Waals surface area contributed by atoms with E-state index in [1.54, 1.807) is 0 Å². The zero-order valence-electron chi connectivity index (χ0n) is 10.3. The molecule has 18 heavy (non-hydrogen) atoms. The van der Waals surface area contributed by atoms with Crippen molar-refractivity contribution in [2.45, 2.75) is 19.4 Å². The topological polar surface area (TPSA) is 12.0 Å². The number of rotatable bonds is 4. The summed E-state index contributed by atoms with van der Waals surface area (Å²) in [7, 11) is 1.98. The fourth-order valence-corrected chi connectivity index (χ4v) is 3.93. The van der Waals surface area contributed by atoms with E-state index < -0.39 is 0 Å². The van der Waals surface area contributed by atoms with Crippen LogP contribution in [0.5, 0.6) is 0 Å². The Bertz CT molecular complexity index is 518. The van der Waals surface area contributed by atoms with Crippen LogP contribution < -0.4 is 5.32 Å². The van der Waals surface area contributed by atoms with Crippen LogP contribution in [0.3, 0.4) is 0 Å². The largest absolute Gasteiger partial charge is 0.309 e.